The van der Waals surface area contributed by atoms with Crippen molar-refractivity contribution in [3.63, 3.8) is 0 Å². The molecule has 0 saturated carbocycles. The number of methoxy groups -OCH3 is 1. The molecule has 0 N–H and O–H groups in total. The Labute approximate surface area is 155 Å². The van der Waals surface area contributed by atoms with Crippen molar-refractivity contribution in [2.24, 2.45) is 0 Å². The highest BCUT2D eigenvalue weighted by Gasteiger charge is 2.26. The Kier molecular flexibility index (Phi) is 5.25. The molecule has 5 nitrogen and oxygen atoms in total. The molecule has 1 amide bonds. The Bertz CT molecular complexity index is 735. The summed E-state index contributed by atoms with van der Waals surface area (Å²) in [6, 6.07) is 9.55. The van der Waals surface area contributed by atoms with Crippen molar-refractivity contribution in [3.8, 4) is 11.5 Å². The molecule has 140 valence electrons. The molecule has 1 fully saturated rings. The molecule has 0 atom stereocenters. The van der Waals surface area contributed by atoms with Crippen molar-refractivity contribution in [3.05, 3.63) is 48.3 Å². The van der Waals surface area contributed by atoms with Crippen LogP contribution in [0.25, 0.3) is 0 Å². The molecule has 1 aliphatic rings. The van der Waals surface area contributed by atoms with Gasteiger partial charge in [0.1, 0.15) is 17.6 Å². The number of likely N-dealkylation sites (tertiary alicyclic amines) is 1. The molecule has 3 rings (SSSR count). The zero-order chi connectivity index (χ0) is 18.7. The van der Waals surface area contributed by atoms with E-state index in [4.69, 9.17) is 9.47 Å². The van der Waals surface area contributed by atoms with E-state index in [1.807, 2.05) is 47.6 Å². The highest BCUT2D eigenvalue weighted by molar-refractivity contribution is 5.94. The quantitative estimate of drug-likeness (QED) is 0.833. The van der Waals surface area contributed by atoms with Crippen molar-refractivity contribution < 1.29 is 14.3 Å². The van der Waals surface area contributed by atoms with Crippen LogP contribution in [0.15, 0.2) is 42.7 Å². The number of carbonyl (C=O) groups is 1. The van der Waals surface area contributed by atoms with E-state index in [1.54, 1.807) is 7.11 Å². The van der Waals surface area contributed by atoms with E-state index in [-0.39, 0.29) is 17.6 Å². The summed E-state index contributed by atoms with van der Waals surface area (Å²) in [5, 5.41) is 0. The van der Waals surface area contributed by atoms with Gasteiger partial charge in [-0.3, -0.25) is 4.79 Å². The summed E-state index contributed by atoms with van der Waals surface area (Å²) in [5.41, 5.74) is 0.743. The average molecular weight is 356 g/mol. The molecule has 1 aromatic carbocycles. The standard InChI is InChI=1S/C21H28N2O3/c1-21(2,3)23-14-9-16(15-23)20(24)22-12-10-19(11-13-22)26-18-7-5-17(25-4)6-8-18/h5-9,14-15,19H,10-13H2,1-4H3. The first kappa shape index (κ1) is 18.4. The van der Waals surface area contributed by atoms with Crippen LogP contribution < -0.4 is 9.47 Å². The highest BCUT2D eigenvalue weighted by atomic mass is 16.5. The van der Waals surface area contributed by atoms with Crippen molar-refractivity contribution in [1.82, 2.24) is 9.47 Å². The predicted molar refractivity (Wildman–Crippen MR) is 102 cm³/mol. The maximum atomic E-state index is 12.7. The van der Waals surface area contributed by atoms with E-state index in [0.717, 1.165) is 43.0 Å². The molecule has 1 saturated heterocycles. The van der Waals surface area contributed by atoms with Gasteiger partial charge in [-0.15, -0.1) is 0 Å². The summed E-state index contributed by atoms with van der Waals surface area (Å²) < 4.78 is 13.3. The Balaban J connectivity index is 1.54. The third-order valence-electron chi connectivity index (χ3n) is 4.81. The lowest BCUT2D eigenvalue weighted by atomic mass is 10.1. The Morgan fingerprint density at radius 1 is 1.04 bits per heavy atom. The molecule has 5 heteroatoms. The zero-order valence-corrected chi connectivity index (χ0v) is 16.1. The maximum absolute atomic E-state index is 12.7. The van der Waals surface area contributed by atoms with E-state index in [9.17, 15) is 4.79 Å². The lowest BCUT2D eigenvalue weighted by molar-refractivity contribution is 0.0595. The van der Waals surface area contributed by atoms with E-state index in [2.05, 4.69) is 25.3 Å². The first-order chi connectivity index (χ1) is 12.4. The number of hydrogen-bond acceptors (Lipinski definition) is 3. The topological polar surface area (TPSA) is 43.7 Å². The zero-order valence-electron chi connectivity index (χ0n) is 16.1. The van der Waals surface area contributed by atoms with E-state index >= 15 is 0 Å². The van der Waals surface area contributed by atoms with Crippen LogP contribution in [0, 0.1) is 0 Å². The Morgan fingerprint density at radius 3 is 2.19 bits per heavy atom. The Morgan fingerprint density at radius 2 is 1.65 bits per heavy atom. The fraction of sp³-hybridized carbons (Fsp3) is 0.476. The average Bonchev–Trinajstić information content (AvgIpc) is 3.13. The van der Waals surface area contributed by atoms with Gasteiger partial charge in [-0.05, 0) is 51.1 Å². The third-order valence-corrected chi connectivity index (χ3v) is 4.81. The number of ether oxygens (including phenoxy) is 2. The molecular weight excluding hydrogens is 328 g/mol. The van der Waals surface area contributed by atoms with Crippen molar-refractivity contribution in [2.45, 2.75) is 45.3 Å². The van der Waals surface area contributed by atoms with Gasteiger partial charge >= 0.3 is 0 Å². The fourth-order valence-electron chi connectivity index (χ4n) is 3.15. The summed E-state index contributed by atoms with van der Waals surface area (Å²) in [5.74, 6) is 1.77. The first-order valence-electron chi connectivity index (χ1n) is 9.15. The number of nitrogens with zero attached hydrogens (tertiary/aromatic N) is 2. The summed E-state index contributed by atoms with van der Waals surface area (Å²) in [6.07, 6.45) is 5.76. The van der Waals surface area contributed by atoms with Crippen molar-refractivity contribution in [2.75, 3.05) is 20.2 Å². The fourth-order valence-corrected chi connectivity index (χ4v) is 3.15. The minimum absolute atomic E-state index is 0.0161. The molecule has 2 heterocycles. The summed E-state index contributed by atoms with van der Waals surface area (Å²) >= 11 is 0. The summed E-state index contributed by atoms with van der Waals surface area (Å²) in [4.78, 5) is 14.7. The van der Waals surface area contributed by atoms with Crippen LogP contribution in [0.5, 0.6) is 11.5 Å². The van der Waals surface area contributed by atoms with E-state index in [0.29, 0.717) is 0 Å². The molecule has 0 radical (unpaired) electrons. The van der Waals surface area contributed by atoms with Gasteiger partial charge in [0.05, 0.1) is 12.7 Å². The van der Waals surface area contributed by atoms with E-state index < -0.39 is 0 Å². The van der Waals surface area contributed by atoms with Crippen molar-refractivity contribution >= 4 is 5.91 Å². The van der Waals surface area contributed by atoms with Crippen LogP contribution in [0.3, 0.4) is 0 Å². The monoisotopic (exact) mass is 356 g/mol. The molecule has 2 aromatic rings. The molecule has 0 unspecified atom stereocenters. The second-order valence-corrected chi connectivity index (χ2v) is 7.76. The predicted octanol–water partition coefficient (Wildman–Crippen LogP) is 3.94. The molecule has 26 heavy (non-hydrogen) atoms. The van der Waals surface area contributed by atoms with Gasteiger partial charge in [-0.1, -0.05) is 0 Å². The number of benzene rings is 1. The van der Waals surface area contributed by atoms with Gasteiger partial charge in [0.25, 0.3) is 5.91 Å². The van der Waals surface area contributed by atoms with Crippen LogP contribution in [-0.4, -0.2) is 41.7 Å². The number of amides is 1. The first-order valence-corrected chi connectivity index (χ1v) is 9.15. The largest absolute Gasteiger partial charge is 0.497 e. The van der Waals surface area contributed by atoms with Gasteiger partial charge in [0.2, 0.25) is 0 Å². The van der Waals surface area contributed by atoms with E-state index in [1.165, 1.54) is 0 Å². The number of hydrogen-bond donors (Lipinski definition) is 0. The van der Waals surface area contributed by atoms with Gasteiger partial charge in [0.15, 0.2) is 0 Å². The van der Waals surface area contributed by atoms with Gasteiger partial charge in [-0.25, -0.2) is 0 Å². The van der Waals surface area contributed by atoms with Gasteiger partial charge in [-0.2, -0.15) is 0 Å². The lowest BCUT2D eigenvalue weighted by Gasteiger charge is -2.32. The second-order valence-electron chi connectivity index (χ2n) is 7.76. The van der Waals surface area contributed by atoms with Gasteiger partial charge in [0, 0.05) is 43.9 Å². The molecule has 0 spiro atoms. The van der Waals surface area contributed by atoms with Crippen LogP contribution >= 0.6 is 0 Å². The van der Waals surface area contributed by atoms with Crippen molar-refractivity contribution in [1.29, 1.82) is 0 Å². The number of piperidine rings is 1. The summed E-state index contributed by atoms with van der Waals surface area (Å²) in [7, 11) is 1.65. The Hall–Kier alpha value is -2.43. The number of rotatable bonds is 4. The second kappa shape index (κ2) is 7.44. The lowest BCUT2D eigenvalue weighted by Crippen LogP contribution is -2.41. The minimum atomic E-state index is -0.0161. The highest BCUT2D eigenvalue weighted by Crippen LogP contribution is 2.23. The smallest absolute Gasteiger partial charge is 0.255 e. The molecule has 0 aliphatic carbocycles. The normalized spacial score (nSPS) is 15.8. The van der Waals surface area contributed by atoms with Crippen LogP contribution in [0.1, 0.15) is 44.0 Å². The van der Waals surface area contributed by atoms with Crippen LogP contribution in [0.2, 0.25) is 0 Å². The molecule has 0 bridgehead atoms. The maximum Gasteiger partial charge on any atom is 0.255 e. The molecular formula is C21H28N2O3. The van der Waals surface area contributed by atoms with Crippen LogP contribution in [0.4, 0.5) is 0 Å². The van der Waals surface area contributed by atoms with Gasteiger partial charge < -0.3 is 18.9 Å². The summed E-state index contributed by atoms with van der Waals surface area (Å²) in [6.45, 7) is 7.83. The van der Waals surface area contributed by atoms with Crippen LogP contribution in [-0.2, 0) is 5.54 Å². The molecule has 1 aliphatic heterocycles. The number of aromatic nitrogens is 1. The molecule has 1 aromatic heterocycles. The SMILES string of the molecule is COc1ccc(OC2CCN(C(=O)c3ccn(C(C)(C)C)c3)CC2)cc1. The number of carbonyl (C=O) groups excluding carboxylic acids is 1. The third kappa shape index (κ3) is 4.21. The minimum Gasteiger partial charge on any atom is -0.497 e.